The van der Waals surface area contributed by atoms with Gasteiger partial charge in [-0.2, -0.15) is 0 Å². The van der Waals surface area contributed by atoms with E-state index in [0.29, 0.717) is 28.3 Å². The fraction of sp³-hybridized carbons (Fsp3) is 0.217. The maximum Gasteiger partial charge on any atom is 0.256 e. The number of benzene rings is 2. The Labute approximate surface area is 178 Å². The molecule has 2 heterocycles. The van der Waals surface area contributed by atoms with E-state index < -0.39 is 5.91 Å². The molecule has 6 nitrogen and oxygen atoms in total. The van der Waals surface area contributed by atoms with E-state index in [4.69, 9.17) is 15.2 Å². The van der Waals surface area contributed by atoms with Crippen molar-refractivity contribution in [1.29, 1.82) is 0 Å². The maximum atomic E-state index is 12.8. The molecule has 0 aliphatic carbocycles. The molecule has 0 saturated heterocycles. The van der Waals surface area contributed by atoms with Crippen LogP contribution in [0.5, 0.6) is 11.5 Å². The smallest absolute Gasteiger partial charge is 0.256 e. The minimum absolute atomic E-state index is 0.220. The highest BCUT2D eigenvalue weighted by Crippen LogP contribution is 2.37. The van der Waals surface area contributed by atoms with Gasteiger partial charge in [-0.25, -0.2) is 0 Å². The van der Waals surface area contributed by atoms with Gasteiger partial charge in [0.2, 0.25) is 6.79 Å². The molecule has 154 valence electrons. The van der Waals surface area contributed by atoms with Crippen molar-refractivity contribution in [2.45, 2.75) is 27.2 Å². The largest absolute Gasteiger partial charge is 0.454 e. The van der Waals surface area contributed by atoms with E-state index in [0.717, 1.165) is 32.9 Å². The summed E-state index contributed by atoms with van der Waals surface area (Å²) in [6.45, 7) is 6.02. The molecule has 7 heteroatoms. The van der Waals surface area contributed by atoms with Crippen LogP contribution < -0.4 is 20.5 Å². The van der Waals surface area contributed by atoms with Crippen molar-refractivity contribution in [1.82, 2.24) is 0 Å². The van der Waals surface area contributed by atoms with Crippen LogP contribution in [-0.2, 0) is 6.42 Å². The van der Waals surface area contributed by atoms with Gasteiger partial charge < -0.3 is 20.5 Å². The van der Waals surface area contributed by atoms with E-state index in [1.54, 1.807) is 6.07 Å². The zero-order valence-electron chi connectivity index (χ0n) is 17.0. The number of ether oxygens (including phenoxy) is 2. The van der Waals surface area contributed by atoms with Crippen molar-refractivity contribution in [3.63, 3.8) is 0 Å². The average Bonchev–Trinajstić information content (AvgIpc) is 3.28. The third-order valence-corrected chi connectivity index (χ3v) is 6.50. The number of nitrogens with one attached hydrogen (secondary N) is 1. The van der Waals surface area contributed by atoms with Crippen molar-refractivity contribution in [3.8, 4) is 11.5 Å². The summed E-state index contributed by atoms with van der Waals surface area (Å²) in [5.74, 6) is 0.605. The summed E-state index contributed by atoms with van der Waals surface area (Å²) >= 11 is 1.37. The van der Waals surface area contributed by atoms with Crippen molar-refractivity contribution >= 4 is 28.2 Å². The van der Waals surface area contributed by atoms with Crippen LogP contribution in [0.3, 0.4) is 0 Å². The molecule has 1 aliphatic rings. The lowest BCUT2D eigenvalue weighted by molar-refractivity contribution is 0.100. The highest BCUT2D eigenvalue weighted by Gasteiger charge is 2.22. The Hall–Kier alpha value is -3.32. The van der Waals surface area contributed by atoms with Crippen molar-refractivity contribution < 1.29 is 19.1 Å². The number of hydrogen-bond acceptors (Lipinski definition) is 5. The Kier molecular flexibility index (Phi) is 5.22. The molecule has 0 fully saturated rings. The molecule has 0 unspecified atom stereocenters. The molecule has 2 aromatic carbocycles. The van der Waals surface area contributed by atoms with Gasteiger partial charge in [0.1, 0.15) is 5.00 Å². The molecule has 1 aliphatic heterocycles. The molecule has 2 amide bonds. The molecule has 30 heavy (non-hydrogen) atoms. The lowest BCUT2D eigenvalue weighted by Crippen LogP contribution is -2.17. The highest BCUT2D eigenvalue weighted by molar-refractivity contribution is 7.17. The number of nitrogens with two attached hydrogens (primary N) is 1. The van der Waals surface area contributed by atoms with Crippen molar-refractivity contribution in [2.75, 3.05) is 12.1 Å². The van der Waals surface area contributed by atoms with Gasteiger partial charge in [-0.15, -0.1) is 11.3 Å². The summed E-state index contributed by atoms with van der Waals surface area (Å²) in [7, 11) is 0. The molecule has 1 aromatic heterocycles. The number of anilines is 1. The molecular formula is C23H22N2O4S. The summed E-state index contributed by atoms with van der Waals surface area (Å²) in [5, 5.41) is 3.35. The fourth-order valence-corrected chi connectivity index (χ4v) is 4.65. The minimum atomic E-state index is -0.559. The Morgan fingerprint density at radius 2 is 1.80 bits per heavy atom. The van der Waals surface area contributed by atoms with E-state index in [1.165, 1.54) is 11.3 Å². The predicted octanol–water partition coefficient (Wildman–Crippen LogP) is 4.34. The highest BCUT2D eigenvalue weighted by atomic mass is 32.1. The van der Waals surface area contributed by atoms with Gasteiger partial charge in [0.25, 0.3) is 11.8 Å². The number of aryl methyl sites for hydroxylation is 2. The lowest BCUT2D eigenvalue weighted by Gasteiger charge is -2.07. The topological polar surface area (TPSA) is 90.7 Å². The predicted molar refractivity (Wildman–Crippen MR) is 117 cm³/mol. The van der Waals surface area contributed by atoms with Crippen LogP contribution >= 0.6 is 11.3 Å². The quantitative estimate of drug-likeness (QED) is 0.640. The van der Waals surface area contributed by atoms with E-state index in [9.17, 15) is 9.59 Å². The fourth-order valence-electron chi connectivity index (χ4n) is 3.41. The summed E-state index contributed by atoms with van der Waals surface area (Å²) in [5.41, 5.74) is 10.5. The van der Waals surface area contributed by atoms with Gasteiger partial charge >= 0.3 is 0 Å². The number of thiophene rings is 1. The van der Waals surface area contributed by atoms with Crippen LogP contribution in [0.1, 0.15) is 47.8 Å². The van der Waals surface area contributed by atoms with Crippen LogP contribution in [0.4, 0.5) is 5.00 Å². The van der Waals surface area contributed by atoms with E-state index in [1.807, 2.05) is 51.1 Å². The van der Waals surface area contributed by atoms with Crippen LogP contribution in [0.2, 0.25) is 0 Å². The molecule has 3 N–H and O–H groups in total. The molecule has 0 radical (unpaired) electrons. The Bertz CT molecular complexity index is 1170. The molecule has 0 atom stereocenters. The average molecular weight is 423 g/mol. The van der Waals surface area contributed by atoms with Crippen molar-refractivity contribution in [3.05, 3.63) is 74.7 Å². The van der Waals surface area contributed by atoms with Crippen molar-refractivity contribution in [2.24, 2.45) is 5.73 Å². The summed E-state index contributed by atoms with van der Waals surface area (Å²) in [6.07, 6.45) is 0.590. The first-order chi connectivity index (χ1) is 14.3. The van der Waals surface area contributed by atoms with Gasteiger partial charge in [0.05, 0.1) is 5.56 Å². The summed E-state index contributed by atoms with van der Waals surface area (Å²) < 4.78 is 10.8. The molecular weight excluding hydrogens is 400 g/mol. The first kappa shape index (κ1) is 20.0. The van der Waals surface area contributed by atoms with Gasteiger partial charge in [0, 0.05) is 16.9 Å². The standard InChI is InChI=1S/C23H22N2O4S/c1-12-4-6-16(8-13(12)2)22(27)25-23-20(21(24)26)14(3)19(30-23)10-15-5-7-17-18(9-15)29-11-28-17/h4-9H,10-11H2,1-3H3,(H2,24,26)(H,25,27). The van der Waals surface area contributed by atoms with Gasteiger partial charge in [-0.1, -0.05) is 12.1 Å². The van der Waals surface area contributed by atoms with Crippen LogP contribution in [0, 0.1) is 20.8 Å². The van der Waals surface area contributed by atoms with Crippen LogP contribution in [0.15, 0.2) is 36.4 Å². The number of amides is 2. The zero-order chi connectivity index (χ0) is 21.4. The van der Waals surface area contributed by atoms with Gasteiger partial charge in [-0.05, 0) is 67.3 Å². The number of hydrogen-bond donors (Lipinski definition) is 2. The zero-order valence-corrected chi connectivity index (χ0v) is 17.8. The van der Waals surface area contributed by atoms with Gasteiger partial charge in [0.15, 0.2) is 11.5 Å². The second-order valence-corrected chi connectivity index (χ2v) is 8.44. The monoisotopic (exact) mass is 422 g/mol. The minimum Gasteiger partial charge on any atom is -0.454 e. The number of carbonyl (C=O) groups excluding carboxylic acids is 2. The summed E-state index contributed by atoms with van der Waals surface area (Å²) in [4.78, 5) is 25.8. The lowest BCUT2D eigenvalue weighted by atomic mass is 10.0. The Morgan fingerprint density at radius 3 is 2.53 bits per heavy atom. The van der Waals surface area contributed by atoms with Gasteiger partial charge in [-0.3, -0.25) is 9.59 Å². The van der Waals surface area contributed by atoms with E-state index >= 15 is 0 Å². The first-order valence-electron chi connectivity index (χ1n) is 9.52. The molecule has 0 bridgehead atoms. The number of fused-ring (bicyclic) bond motifs is 1. The van der Waals surface area contributed by atoms with Crippen LogP contribution in [-0.4, -0.2) is 18.6 Å². The Balaban J connectivity index is 1.62. The number of primary amides is 1. The second kappa shape index (κ2) is 7.84. The SMILES string of the molecule is Cc1ccc(C(=O)Nc2sc(Cc3ccc4c(c3)OCO4)c(C)c2C(N)=O)cc1C. The Morgan fingerprint density at radius 1 is 1.03 bits per heavy atom. The number of rotatable bonds is 5. The third-order valence-electron chi connectivity index (χ3n) is 5.29. The molecule has 3 aromatic rings. The molecule has 4 rings (SSSR count). The van der Waals surface area contributed by atoms with E-state index in [-0.39, 0.29) is 12.7 Å². The van der Waals surface area contributed by atoms with Crippen LogP contribution in [0.25, 0.3) is 0 Å². The summed E-state index contributed by atoms with van der Waals surface area (Å²) in [6, 6.07) is 11.3. The third kappa shape index (κ3) is 3.76. The second-order valence-electron chi connectivity index (χ2n) is 7.34. The first-order valence-corrected chi connectivity index (χ1v) is 10.3. The maximum absolute atomic E-state index is 12.8. The molecule has 0 saturated carbocycles. The molecule has 0 spiro atoms. The van der Waals surface area contributed by atoms with E-state index in [2.05, 4.69) is 5.32 Å². The normalized spacial score (nSPS) is 12.1. The number of carbonyl (C=O) groups is 2.